The third-order valence-corrected chi connectivity index (χ3v) is 5.50. The summed E-state index contributed by atoms with van der Waals surface area (Å²) in [6.45, 7) is 6.19. The predicted molar refractivity (Wildman–Crippen MR) is 94.4 cm³/mol. The SMILES string of the molecule is CC(C)c1noc(CC2CCN(c3ncnc4ccsc34)CC2)n1. The van der Waals surface area contributed by atoms with Gasteiger partial charge in [-0.05, 0) is 30.2 Å². The lowest BCUT2D eigenvalue weighted by molar-refractivity contribution is 0.322. The van der Waals surface area contributed by atoms with Gasteiger partial charge in [-0.3, -0.25) is 0 Å². The van der Waals surface area contributed by atoms with Gasteiger partial charge in [0, 0.05) is 25.4 Å². The minimum atomic E-state index is 0.315. The lowest BCUT2D eigenvalue weighted by atomic mass is 9.93. The quantitative estimate of drug-likeness (QED) is 0.720. The van der Waals surface area contributed by atoms with Crippen LogP contribution in [0.15, 0.2) is 22.3 Å². The molecule has 4 heterocycles. The van der Waals surface area contributed by atoms with E-state index in [0.717, 1.165) is 55.4 Å². The molecule has 0 aliphatic carbocycles. The van der Waals surface area contributed by atoms with Gasteiger partial charge >= 0.3 is 0 Å². The second-order valence-electron chi connectivity index (χ2n) is 6.67. The summed E-state index contributed by atoms with van der Waals surface area (Å²) < 4.78 is 6.58. The third kappa shape index (κ3) is 3.00. The molecule has 3 aromatic rings. The van der Waals surface area contributed by atoms with Gasteiger partial charge in [0.1, 0.15) is 12.1 Å². The van der Waals surface area contributed by atoms with Crippen LogP contribution in [0.25, 0.3) is 10.2 Å². The summed E-state index contributed by atoms with van der Waals surface area (Å²) >= 11 is 1.72. The summed E-state index contributed by atoms with van der Waals surface area (Å²) in [6.07, 6.45) is 4.79. The molecular weight excluding hydrogens is 322 g/mol. The van der Waals surface area contributed by atoms with E-state index < -0.39 is 0 Å². The Kier molecular flexibility index (Phi) is 4.18. The molecule has 0 aromatic carbocycles. The van der Waals surface area contributed by atoms with Crippen molar-refractivity contribution in [1.82, 2.24) is 20.1 Å². The summed E-state index contributed by atoms with van der Waals surface area (Å²) in [5.74, 6) is 3.58. The molecule has 126 valence electrons. The Labute approximate surface area is 144 Å². The van der Waals surface area contributed by atoms with Crippen LogP contribution in [0.3, 0.4) is 0 Å². The second-order valence-corrected chi connectivity index (χ2v) is 7.58. The minimum Gasteiger partial charge on any atom is -0.355 e. The highest BCUT2D eigenvalue weighted by molar-refractivity contribution is 7.17. The van der Waals surface area contributed by atoms with E-state index in [0.29, 0.717) is 11.8 Å². The molecule has 4 rings (SSSR count). The van der Waals surface area contributed by atoms with E-state index in [1.54, 1.807) is 17.7 Å². The van der Waals surface area contributed by atoms with E-state index >= 15 is 0 Å². The average Bonchev–Trinajstić information content (AvgIpc) is 3.24. The van der Waals surface area contributed by atoms with Crippen molar-refractivity contribution in [2.75, 3.05) is 18.0 Å². The van der Waals surface area contributed by atoms with Crippen molar-refractivity contribution < 1.29 is 4.52 Å². The summed E-state index contributed by atoms with van der Waals surface area (Å²) in [6, 6.07) is 2.06. The van der Waals surface area contributed by atoms with Gasteiger partial charge in [0.25, 0.3) is 0 Å². The molecule has 0 radical (unpaired) electrons. The normalized spacial score (nSPS) is 16.4. The first kappa shape index (κ1) is 15.5. The average molecular weight is 343 g/mol. The molecule has 6 nitrogen and oxygen atoms in total. The monoisotopic (exact) mass is 343 g/mol. The van der Waals surface area contributed by atoms with Crippen molar-refractivity contribution in [1.29, 1.82) is 0 Å². The maximum atomic E-state index is 5.39. The largest absolute Gasteiger partial charge is 0.355 e. The summed E-state index contributed by atoms with van der Waals surface area (Å²) in [4.78, 5) is 15.7. The molecular formula is C17H21N5OS. The van der Waals surface area contributed by atoms with Crippen molar-refractivity contribution in [3.05, 3.63) is 29.5 Å². The Hall–Kier alpha value is -2.02. The summed E-state index contributed by atoms with van der Waals surface area (Å²) in [5, 5.41) is 6.14. The number of fused-ring (bicyclic) bond motifs is 1. The molecule has 0 spiro atoms. The number of piperidine rings is 1. The van der Waals surface area contributed by atoms with E-state index in [1.165, 1.54) is 4.70 Å². The Balaban J connectivity index is 1.40. The number of hydrogen-bond donors (Lipinski definition) is 0. The maximum absolute atomic E-state index is 5.39. The number of nitrogens with zero attached hydrogens (tertiary/aromatic N) is 5. The van der Waals surface area contributed by atoms with Crippen LogP contribution in [0, 0.1) is 5.92 Å². The van der Waals surface area contributed by atoms with Crippen molar-refractivity contribution >= 4 is 27.4 Å². The van der Waals surface area contributed by atoms with E-state index in [4.69, 9.17) is 4.52 Å². The third-order valence-electron chi connectivity index (χ3n) is 4.60. The Morgan fingerprint density at radius 3 is 2.88 bits per heavy atom. The molecule has 24 heavy (non-hydrogen) atoms. The van der Waals surface area contributed by atoms with Crippen LogP contribution in [0.4, 0.5) is 5.82 Å². The smallest absolute Gasteiger partial charge is 0.226 e. The Morgan fingerprint density at radius 2 is 2.12 bits per heavy atom. The number of anilines is 1. The van der Waals surface area contributed by atoms with E-state index in [-0.39, 0.29) is 0 Å². The minimum absolute atomic E-state index is 0.315. The molecule has 1 aliphatic heterocycles. The topological polar surface area (TPSA) is 67.9 Å². The van der Waals surface area contributed by atoms with Crippen LogP contribution in [0.1, 0.15) is 44.3 Å². The van der Waals surface area contributed by atoms with Gasteiger partial charge in [-0.25, -0.2) is 9.97 Å². The number of thiophene rings is 1. The molecule has 0 N–H and O–H groups in total. The lowest BCUT2D eigenvalue weighted by Crippen LogP contribution is -2.35. The number of rotatable bonds is 4. The fourth-order valence-electron chi connectivity index (χ4n) is 3.18. The van der Waals surface area contributed by atoms with Gasteiger partial charge in [0.05, 0.1) is 10.2 Å². The fourth-order valence-corrected chi connectivity index (χ4v) is 4.04. The molecule has 0 bridgehead atoms. The van der Waals surface area contributed by atoms with Crippen LogP contribution in [-0.2, 0) is 6.42 Å². The van der Waals surface area contributed by atoms with Crippen LogP contribution < -0.4 is 4.90 Å². The zero-order valence-electron chi connectivity index (χ0n) is 14.0. The molecule has 0 atom stereocenters. The first-order chi connectivity index (χ1) is 11.7. The first-order valence-electron chi connectivity index (χ1n) is 8.46. The molecule has 7 heteroatoms. The number of hydrogen-bond acceptors (Lipinski definition) is 7. The van der Waals surface area contributed by atoms with Gasteiger partial charge in [-0.15, -0.1) is 11.3 Å². The Morgan fingerprint density at radius 1 is 1.29 bits per heavy atom. The zero-order valence-corrected chi connectivity index (χ0v) is 14.8. The van der Waals surface area contributed by atoms with Gasteiger partial charge in [0.2, 0.25) is 5.89 Å². The lowest BCUT2D eigenvalue weighted by Gasteiger charge is -2.32. The molecule has 3 aromatic heterocycles. The number of aromatic nitrogens is 4. The fraction of sp³-hybridized carbons (Fsp3) is 0.529. The molecule has 1 aliphatic rings. The second kappa shape index (κ2) is 6.47. The van der Waals surface area contributed by atoms with E-state index in [9.17, 15) is 0 Å². The molecule has 0 saturated carbocycles. The molecule has 1 saturated heterocycles. The van der Waals surface area contributed by atoms with Gasteiger partial charge in [-0.2, -0.15) is 4.98 Å². The highest BCUT2D eigenvalue weighted by atomic mass is 32.1. The van der Waals surface area contributed by atoms with E-state index in [2.05, 4.69) is 50.3 Å². The summed E-state index contributed by atoms with van der Waals surface area (Å²) in [5.41, 5.74) is 1.04. The molecule has 0 amide bonds. The van der Waals surface area contributed by atoms with E-state index in [1.807, 2.05) is 0 Å². The van der Waals surface area contributed by atoms with Crippen molar-refractivity contribution in [3.8, 4) is 0 Å². The highest BCUT2D eigenvalue weighted by Gasteiger charge is 2.24. The van der Waals surface area contributed by atoms with Crippen molar-refractivity contribution in [2.24, 2.45) is 5.92 Å². The van der Waals surface area contributed by atoms with Crippen LogP contribution in [0.5, 0.6) is 0 Å². The van der Waals surface area contributed by atoms with Gasteiger partial charge < -0.3 is 9.42 Å². The standard InChI is InChI=1S/C17H21N5OS/c1-11(2)16-20-14(23-21-16)9-12-3-6-22(7-4-12)17-15-13(5-8-24-15)18-10-19-17/h5,8,10-12H,3-4,6-7,9H2,1-2H3. The zero-order chi connectivity index (χ0) is 16.5. The first-order valence-corrected chi connectivity index (χ1v) is 9.34. The van der Waals surface area contributed by atoms with Gasteiger partial charge in [0.15, 0.2) is 5.82 Å². The predicted octanol–water partition coefficient (Wildman–Crippen LogP) is 3.66. The molecule has 0 unspecified atom stereocenters. The van der Waals surface area contributed by atoms with Crippen LogP contribution in [0.2, 0.25) is 0 Å². The Bertz CT molecular complexity index is 819. The molecule has 1 fully saturated rings. The summed E-state index contributed by atoms with van der Waals surface area (Å²) in [7, 11) is 0. The van der Waals surface area contributed by atoms with Crippen LogP contribution >= 0.6 is 11.3 Å². The maximum Gasteiger partial charge on any atom is 0.226 e. The van der Waals surface area contributed by atoms with Crippen molar-refractivity contribution in [2.45, 2.75) is 39.0 Å². The van der Waals surface area contributed by atoms with Gasteiger partial charge in [-0.1, -0.05) is 19.0 Å². The van der Waals surface area contributed by atoms with Crippen LogP contribution in [-0.4, -0.2) is 33.2 Å². The highest BCUT2D eigenvalue weighted by Crippen LogP contribution is 2.31. The van der Waals surface area contributed by atoms with Crippen molar-refractivity contribution in [3.63, 3.8) is 0 Å².